The summed E-state index contributed by atoms with van der Waals surface area (Å²) < 4.78 is 28.4. The number of nitrogens with one attached hydrogen (secondary N) is 1. The van der Waals surface area contributed by atoms with Crippen LogP contribution in [0.5, 0.6) is 28.9 Å². The molecule has 1 N–H and O–H groups in total. The predicted octanol–water partition coefficient (Wildman–Crippen LogP) is 5.73. The SMILES string of the molecule is COc1cc(OC)c(NC(=O)c2ccc(Oc3c(C)cc(Br)cc3C)o2)c(OC)c1. The molecule has 30 heavy (non-hydrogen) atoms. The highest BCUT2D eigenvalue weighted by Gasteiger charge is 2.20. The van der Waals surface area contributed by atoms with Crippen molar-refractivity contribution in [2.24, 2.45) is 0 Å². The molecule has 0 radical (unpaired) electrons. The van der Waals surface area contributed by atoms with Gasteiger partial charge in [0.25, 0.3) is 11.9 Å². The maximum atomic E-state index is 12.7. The highest BCUT2D eigenvalue weighted by atomic mass is 79.9. The van der Waals surface area contributed by atoms with Gasteiger partial charge in [-0.2, -0.15) is 0 Å². The number of amides is 1. The Morgan fingerprint density at radius 2 is 1.53 bits per heavy atom. The second-order valence-electron chi connectivity index (χ2n) is 6.45. The number of carbonyl (C=O) groups excluding carboxylic acids is 1. The molecule has 2 aromatic carbocycles. The largest absolute Gasteiger partial charge is 0.496 e. The normalized spacial score (nSPS) is 10.5. The fraction of sp³-hybridized carbons (Fsp3) is 0.227. The van der Waals surface area contributed by atoms with E-state index in [9.17, 15) is 4.79 Å². The fourth-order valence-corrected chi connectivity index (χ4v) is 3.65. The van der Waals surface area contributed by atoms with E-state index in [1.807, 2.05) is 26.0 Å². The lowest BCUT2D eigenvalue weighted by Gasteiger charge is -2.15. The molecule has 1 heterocycles. The molecule has 0 saturated carbocycles. The molecule has 1 aromatic heterocycles. The second-order valence-corrected chi connectivity index (χ2v) is 7.37. The number of rotatable bonds is 7. The van der Waals surface area contributed by atoms with E-state index in [0.29, 0.717) is 28.7 Å². The number of ether oxygens (including phenoxy) is 4. The van der Waals surface area contributed by atoms with Crippen LogP contribution in [0.25, 0.3) is 0 Å². The predicted molar refractivity (Wildman–Crippen MR) is 116 cm³/mol. The summed E-state index contributed by atoms with van der Waals surface area (Å²) in [6.45, 7) is 3.87. The first kappa shape index (κ1) is 21.6. The number of halogens is 1. The summed E-state index contributed by atoms with van der Waals surface area (Å²) in [6.07, 6.45) is 0. The molecule has 0 aliphatic carbocycles. The molecule has 3 aromatic rings. The van der Waals surface area contributed by atoms with Crippen LogP contribution in [0.4, 0.5) is 5.69 Å². The molecule has 7 nitrogen and oxygen atoms in total. The van der Waals surface area contributed by atoms with Crippen molar-refractivity contribution in [1.82, 2.24) is 0 Å². The topological polar surface area (TPSA) is 79.2 Å². The molecule has 0 bridgehead atoms. The average molecular weight is 476 g/mol. The van der Waals surface area contributed by atoms with Crippen LogP contribution in [0.3, 0.4) is 0 Å². The first-order valence-corrected chi connectivity index (χ1v) is 9.81. The minimum Gasteiger partial charge on any atom is -0.496 e. The minimum atomic E-state index is -0.476. The number of hydrogen-bond acceptors (Lipinski definition) is 6. The molecule has 3 rings (SSSR count). The Bertz CT molecular complexity index is 1030. The second kappa shape index (κ2) is 9.13. The Morgan fingerprint density at radius 3 is 2.07 bits per heavy atom. The van der Waals surface area contributed by atoms with Crippen LogP contribution in [0.15, 0.2) is 45.3 Å². The summed E-state index contributed by atoms with van der Waals surface area (Å²) in [7, 11) is 4.52. The average Bonchev–Trinajstić information content (AvgIpc) is 3.19. The van der Waals surface area contributed by atoms with E-state index in [4.69, 9.17) is 23.4 Å². The van der Waals surface area contributed by atoms with Gasteiger partial charge in [-0.3, -0.25) is 4.79 Å². The Labute approximate surface area is 183 Å². The quantitative estimate of drug-likeness (QED) is 0.469. The van der Waals surface area contributed by atoms with Crippen LogP contribution in [0.2, 0.25) is 0 Å². The first-order chi connectivity index (χ1) is 14.4. The van der Waals surface area contributed by atoms with E-state index in [1.165, 1.54) is 27.4 Å². The molecule has 0 spiro atoms. The van der Waals surface area contributed by atoms with Crippen LogP contribution in [-0.4, -0.2) is 27.2 Å². The van der Waals surface area contributed by atoms with Crippen LogP contribution < -0.4 is 24.3 Å². The van der Waals surface area contributed by atoms with Crippen molar-refractivity contribution in [2.45, 2.75) is 13.8 Å². The van der Waals surface area contributed by atoms with Crippen molar-refractivity contribution >= 4 is 27.5 Å². The summed E-state index contributed by atoms with van der Waals surface area (Å²) in [6, 6.07) is 10.3. The molecule has 0 saturated heterocycles. The van der Waals surface area contributed by atoms with Gasteiger partial charge in [0.15, 0.2) is 5.76 Å². The third kappa shape index (κ3) is 4.54. The number of furan rings is 1. The molecule has 8 heteroatoms. The summed E-state index contributed by atoms with van der Waals surface area (Å²) in [4.78, 5) is 12.7. The molecule has 0 aliphatic rings. The summed E-state index contributed by atoms with van der Waals surface area (Å²) in [5.41, 5.74) is 2.25. The van der Waals surface area contributed by atoms with E-state index in [1.54, 1.807) is 18.2 Å². The van der Waals surface area contributed by atoms with Gasteiger partial charge in [0.1, 0.15) is 28.7 Å². The highest BCUT2D eigenvalue weighted by molar-refractivity contribution is 9.10. The van der Waals surface area contributed by atoms with E-state index < -0.39 is 5.91 Å². The lowest BCUT2D eigenvalue weighted by Crippen LogP contribution is -2.13. The fourth-order valence-electron chi connectivity index (χ4n) is 2.96. The van der Waals surface area contributed by atoms with Gasteiger partial charge in [0, 0.05) is 22.7 Å². The van der Waals surface area contributed by atoms with Crippen molar-refractivity contribution in [2.75, 3.05) is 26.6 Å². The molecule has 158 valence electrons. The van der Waals surface area contributed by atoms with Gasteiger partial charge in [-0.25, -0.2) is 0 Å². The summed E-state index contributed by atoms with van der Waals surface area (Å²) in [5, 5.41) is 2.76. The van der Waals surface area contributed by atoms with Crippen LogP contribution in [0.1, 0.15) is 21.7 Å². The zero-order chi connectivity index (χ0) is 21.8. The van der Waals surface area contributed by atoms with Crippen molar-refractivity contribution in [3.05, 3.63) is 57.8 Å². The van der Waals surface area contributed by atoms with Crippen molar-refractivity contribution in [3.63, 3.8) is 0 Å². The zero-order valence-electron chi connectivity index (χ0n) is 17.3. The Balaban J connectivity index is 1.83. The van der Waals surface area contributed by atoms with E-state index in [-0.39, 0.29) is 11.7 Å². The lowest BCUT2D eigenvalue weighted by atomic mass is 10.1. The van der Waals surface area contributed by atoms with Gasteiger partial charge in [-0.05, 0) is 43.2 Å². The highest BCUT2D eigenvalue weighted by Crippen LogP contribution is 2.39. The molecular formula is C22H22BrNO6. The number of benzene rings is 2. The Morgan fingerprint density at radius 1 is 0.933 bits per heavy atom. The maximum absolute atomic E-state index is 12.7. The number of methoxy groups -OCH3 is 3. The van der Waals surface area contributed by atoms with Crippen molar-refractivity contribution in [3.8, 4) is 28.9 Å². The van der Waals surface area contributed by atoms with Gasteiger partial charge in [-0.1, -0.05) is 15.9 Å². The van der Waals surface area contributed by atoms with Gasteiger partial charge >= 0.3 is 0 Å². The van der Waals surface area contributed by atoms with E-state index in [2.05, 4.69) is 21.2 Å². The summed E-state index contributed by atoms with van der Waals surface area (Å²) in [5.74, 6) is 1.82. The molecule has 1 amide bonds. The van der Waals surface area contributed by atoms with Gasteiger partial charge in [-0.15, -0.1) is 0 Å². The molecule has 0 unspecified atom stereocenters. The zero-order valence-corrected chi connectivity index (χ0v) is 18.9. The van der Waals surface area contributed by atoms with Gasteiger partial charge in [0.05, 0.1) is 21.3 Å². The summed E-state index contributed by atoms with van der Waals surface area (Å²) >= 11 is 3.46. The van der Waals surface area contributed by atoms with Crippen molar-refractivity contribution < 1.29 is 28.2 Å². The van der Waals surface area contributed by atoms with Crippen LogP contribution in [0, 0.1) is 13.8 Å². The number of aryl methyl sites for hydroxylation is 2. The van der Waals surface area contributed by atoms with Crippen LogP contribution in [-0.2, 0) is 0 Å². The third-order valence-corrected chi connectivity index (χ3v) is 4.84. The van der Waals surface area contributed by atoms with Crippen molar-refractivity contribution in [1.29, 1.82) is 0 Å². The molecular weight excluding hydrogens is 454 g/mol. The number of hydrogen-bond donors (Lipinski definition) is 1. The molecule has 0 aliphatic heterocycles. The number of anilines is 1. The van der Waals surface area contributed by atoms with Crippen LogP contribution >= 0.6 is 15.9 Å². The van der Waals surface area contributed by atoms with E-state index in [0.717, 1.165) is 15.6 Å². The third-order valence-electron chi connectivity index (χ3n) is 4.39. The smallest absolute Gasteiger partial charge is 0.291 e. The standard InChI is InChI=1S/C22H22BrNO6/c1-12-8-14(23)9-13(2)21(12)30-19-7-6-16(29-19)22(25)24-20-17(27-4)10-15(26-3)11-18(20)28-5/h6-11H,1-5H3,(H,24,25). The first-order valence-electron chi connectivity index (χ1n) is 9.02. The number of carbonyl (C=O) groups is 1. The Kier molecular flexibility index (Phi) is 6.56. The van der Waals surface area contributed by atoms with E-state index >= 15 is 0 Å². The van der Waals surface area contributed by atoms with Gasteiger partial charge in [0.2, 0.25) is 0 Å². The Hall–Kier alpha value is -3.13. The lowest BCUT2D eigenvalue weighted by molar-refractivity contribution is 0.0991. The van der Waals surface area contributed by atoms with Gasteiger partial charge < -0.3 is 28.7 Å². The molecule has 0 atom stereocenters. The monoisotopic (exact) mass is 475 g/mol. The minimum absolute atomic E-state index is 0.0809. The molecule has 0 fully saturated rings. The maximum Gasteiger partial charge on any atom is 0.291 e.